The molecule has 3 rings (SSSR count). The molecule has 1 unspecified atom stereocenters. The first-order valence-corrected chi connectivity index (χ1v) is 7.20. The Kier molecular flexibility index (Phi) is 4.74. The predicted molar refractivity (Wildman–Crippen MR) is 67.7 cm³/mol. The Morgan fingerprint density at radius 3 is 2.11 bits per heavy atom. The van der Waals surface area contributed by atoms with Crippen molar-refractivity contribution in [3.63, 3.8) is 0 Å². The third-order valence-electron chi connectivity index (χ3n) is 3.13. The van der Waals surface area contributed by atoms with Crippen LogP contribution in [0.3, 0.4) is 0 Å². The summed E-state index contributed by atoms with van der Waals surface area (Å²) >= 11 is 1.11. The first kappa shape index (κ1) is 15.0. The molecule has 0 aromatic heterocycles. The minimum absolute atomic E-state index is 0. The van der Waals surface area contributed by atoms with Crippen LogP contribution in [0.15, 0.2) is 60.7 Å². The zero-order valence-electron chi connectivity index (χ0n) is 9.67. The maximum atomic E-state index is 2.36. The first-order valence-electron chi connectivity index (χ1n) is 5.40. The van der Waals surface area contributed by atoms with Crippen molar-refractivity contribution in [2.75, 3.05) is 0 Å². The minimum atomic E-state index is 0. The van der Waals surface area contributed by atoms with E-state index in [2.05, 4.69) is 66.7 Å². The summed E-state index contributed by atoms with van der Waals surface area (Å²) in [6, 6.07) is 19.5. The van der Waals surface area contributed by atoms with Crippen LogP contribution in [-0.4, -0.2) is 0 Å². The zero-order chi connectivity index (χ0) is 11.0. The van der Waals surface area contributed by atoms with Crippen LogP contribution in [0.1, 0.15) is 16.7 Å². The third-order valence-corrected chi connectivity index (χ3v) is 5.73. The van der Waals surface area contributed by atoms with Gasteiger partial charge in [-0.15, -0.1) is 0 Å². The van der Waals surface area contributed by atoms with Crippen LogP contribution in [0.25, 0.3) is 6.08 Å². The van der Waals surface area contributed by atoms with E-state index in [4.69, 9.17) is 0 Å². The predicted octanol–water partition coefficient (Wildman–Crippen LogP) is 3.81. The molecule has 2 aromatic rings. The first-order chi connectivity index (χ1) is 7.81. The molecule has 0 radical (unpaired) electrons. The van der Waals surface area contributed by atoms with Gasteiger partial charge in [0.2, 0.25) is 0 Å². The van der Waals surface area contributed by atoms with Crippen molar-refractivity contribution in [3.05, 3.63) is 77.4 Å². The molecule has 0 nitrogen and oxygen atoms in total. The fraction of sp³-hybridized carbons (Fsp3) is 0.0667. The summed E-state index contributed by atoms with van der Waals surface area (Å²) in [5.74, 6) is 0. The number of hydrogen-bond donors (Lipinski definition) is 0. The fourth-order valence-corrected chi connectivity index (χ4v) is 3.97. The zero-order valence-corrected chi connectivity index (χ0v) is 13.3. The Labute approximate surface area is 120 Å². The molecule has 91 valence electrons. The van der Waals surface area contributed by atoms with Gasteiger partial charge in [0.05, 0.1) is 0 Å². The van der Waals surface area contributed by atoms with Crippen LogP contribution < -0.4 is 0 Å². The molecular formula is C15H13F2Hf. The van der Waals surface area contributed by atoms with Gasteiger partial charge < -0.3 is 0 Å². The molecule has 3 heteroatoms. The van der Waals surface area contributed by atoms with Gasteiger partial charge in [-0.1, -0.05) is 0 Å². The second-order valence-corrected chi connectivity index (χ2v) is 6.93. The molecule has 1 aliphatic rings. The summed E-state index contributed by atoms with van der Waals surface area (Å²) in [7, 11) is 0. The average molecular weight is 410 g/mol. The van der Waals surface area contributed by atoms with E-state index in [1.165, 1.54) is 16.7 Å². The summed E-state index contributed by atoms with van der Waals surface area (Å²) in [4.78, 5) is 0. The van der Waals surface area contributed by atoms with Gasteiger partial charge in [0.15, 0.2) is 0 Å². The van der Waals surface area contributed by atoms with Gasteiger partial charge in [0, 0.05) is 0 Å². The van der Waals surface area contributed by atoms with Crippen LogP contribution >= 0.6 is 0 Å². The summed E-state index contributed by atoms with van der Waals surface area (Å²) in [6.45, 7) is 0. The summed E-state index contributed by atoms with van der Waals surface area (Å²) in [5.41, 5.74) is 4.26. The quantitative estimate of drug-likeness (QED) is 0.628. The van der Waals surface area contributed by atoms with E-state index in [0.29, 0.717) is 0 Å². The van der Waals surface area contributed by atoms with Gasteiger partial charge in [0.25, 0.3) is 0 Å². The van der Waals surface area contributed by atoms with Gasteiger partial charge in [-0.05, 0) is 0 Å². The normalized spacial score (nSPS) is 19.5. The molecule has 0 saturated heterocycles. The van der Waals surface area contributed by atoms with Crippen molar-refractivity contribution in [1.82, 2.24) is 0 Å². The van der Waals surface area contributed by atoms with Crippen molar-refractivity contribution >= 4 is 6.08 Å². The topological polar surface area (TPSA) is 0 Å². The fourth-order valence-electron chi connectivity index (χ4n) is 2.26. The summed E-state index contributed by atoms with van der Waals surface area (Å²) in [6.07, 6.45) is 4.62. The van der Waals surface area contributed by atoms with E-state index in [1.54, 1.807) is 0 Å². The Morgan fingerprint density at radius 2 is 1.39 bits per heavy atom. The SMILES string of the molecule is F.F.[Hf][C]1(c2ccccc2)C=Cc2ccccc21. The number of allylic oxidation sites excluding steroid dienone is 1. The molecule has 0 aliphatic heterocycles. The molecule has 0 saturated carbocycles. The molecule has 0 fully saturated rings. The maximum absolute atomic E-state index is 2.36. The van der Waals surface area contributed by atoms with E-state index in [9.17, 15) is 0 Å². The van der Waals surface area contributed by atoms with Crippen molar-refractivity contribution in [1.29, 1.82) is 0 Å². The molecule has 2 aromatic carbocycles. The molecule has 0 N–H and O–H groups in total. The molecule has 0 heterocycles. The van der Waals surface area contributed by atoms with Gasteiger partial charge in [0.1, 0.15) is 0 Å². The van der Waals surface area contributed by atoms with Gasteiger partial charge >= 0.3 is 111 Å². The van der Waals surface area contributed by atoms with Gasteiger partial charge in [-0.3, -0.25) is 9.41 Å². The third kappa shape index (κ3) is 2.24. The van der Waals surface area contributed by atoms with Crippen molar-refractivity contribution in [2.24, 2.45) is 0 Å². The van der Waals surface area contributed by atoms with Crippen LogP contribution in [-0.2, 0) is 27.5 Å². The van der Waals surface area contributed by atoms with E-state index in [-0.39, 0.29) is 12.6 Å². The second kappa shape index (κ2) is 5.70. The number of hydrogen-bond acceptors (Lipinski definition) is 0. The summed E-state index contributed by atoms with van der Waals surface area (Å²) in [5, 5.41) is 0. The Bertz CT molecular complexity index is 551. The van der Waals surface area contributed by atoms with Gasteiger partial charge in [-0.25, -0.2) is 0 Å². The van der Waals surface area contributed by atoms with Crippen molar-refractivity contribution < 1.29 is 33.8 Å². The van der Waals surface area contributed by atoms with E-state index in [0.717, 1.165) is 24.4 Å². The number of fused-ring (bicyclic) bond motifs is 1. The molecule has 0 amide bonds. The number of benzene rings is 2. The Hall–Kier alpha value is -1.09. The van der Waals surface area contributed by atoms with Crippen LogP contribution in [0, 0.1) is 0 Å². The van der Waals surface area contributed by atoms with Crippen LogP contribution in [0.4, 0.5) is 9.41 Å². The molecule has 0 spiro atoms. The standard InChI is InChI=1S/C15H11.2FH.Hf/c1-2-6-12(7-3-1)15-11-10-13-8-4-5-9-14(13)15;;;/h1-11H;2*1H;. The molecule has 1 atom stereocenters. The van der Waals surface area contributed by atoms with Gasteiger partial charge in [-0.2, -0.15) is 0 Å². The Morgan fingerprint density at radius 1 is 0.778 bits per heavy atom. The number of rotatable bonds is 1. The molecule has 0 bridgehead atoms. The van der Waals surface area contributed by atoms with Crippen LogP contribution in [0.5, 0.6) is 0 Å². The van der Waals surface area contributed by atoms with Crippen LogP contribution in [0.2, 0.25) is 0 Å². The monoisotopic (exact) mass is 411 g/mol. The van der Waals surface area contributed by atoms with Crippen molar-refractivity contribution in [3.8, 4) is 0 Å². The second-order valence-electron chi connectivity index (χ2n) is 4.09. The van der Waals surface area contributed by atoms with E-state index >= 15 is 0 Å². The summed E-state index contributed by atoms with van der Waals surface area (Å²) < 4.78 is 0.178. The molecule has 18 heavy (non-hydrogen) atoms. The average Bonchev–Trinajstić information content (AvgIpc) is 2.71. The molecular weight excluding hydrogens is 397 g/mol. The Balaban J connectivity index is 0.000000810. The molecule has 1 aliphatic carbocycles. The van der Waals surface area contributed by atoms with E-state index in [1.807, 2.05) is 0 Å². The van der Waals surface area contributed by atoms with Crippen molar-refractivity contribution in [2.45, 2.75) is 3.17 Å². The van der Waals surface area contributed by atoms with E-state index < -0.39 is 0 Å². The number of halogens is 2.